The number of rotatable bonds is 8. The molecule has 3 rings (SSSR count). The van der Waals surface area contributed by atoms with E-state index in [9.17, 15) is 9.59 Å². The molecule has 1 aliphatic rings. The quantitative estimate of drug-likeness (QED) is 0.763. The molecule has 0 spiro atoms. The Morgan fingerprint density at radius 1 is 1.15 bits per heavy atom. The first-order valence-electron chi connectivity index (χ1n) is 8.78. The van der Waals surface area contributed by atoms with Crippen LogP contribution in [0.4, 0.5) is 10.5 Å². The average Bonchev–Trinajstić information content (AvgIpc) is 3.32. The molecule has 1 fully saturated rings. The van der Waals surface area contributed by atoms with E-state index in [1.54, 1.807) is 37.3 Å². The summed E-state index contributed by atoms with van der Waals surface area (Å²) in [4.78, 5) is 28.0. The zero-order chi connectivity index (χ0) is 19.2. The van der Waals surface area contributed by atoms with Gasteiger partial charge in [0.25, 0.3) is 0 Å². The highest BCUT2D eigenvalue weighted by atomic mass is 16.5. The fraction of sp³-hybridized carbons (Fsp3) is 0.368. The van der Waals surface area contributed by atoms with Gasteiger partial charge in [0.15, 0.2) is 0 Å². The topological polar surface area (TPSA) is 76.0 Å². The Balaban J connectivity index is 1.57. The molecule has 27 heavy (non-hydrogen) atoms. The van der Waals surface area contributed by atoms with E-state index in [4.69, 9.17) is 9.47 Å². The number of nitrogens with one attached hydrogen (secondary N) is 1. The molecule has 2 heterocycles. The summed E-state index contributed by atoms with van der Waals surface area (Å²) in [6.07, 6.45) is 3.88. The third kappa shape index (κ3) is 4.33. The summed E-state index contributed by atoms with van der Waals surface area (Å²) in [5.41, 5.74) is 0.636. The van der Waals surface area contributed by atoms with Crippen LogP contribution in [0, 0.1) is 0 Å². The Morgan fingerprint density at radius 2 is 1.93 bits per heavy atom. The number of urea groups is 1. The van der Waals surface area contributed by atoms with Crippen LogP contribution in [-0.4, -0.2) is 61.8 Å². The van der Waals surface area contributed by atoms with Crippen molar-refractivity contribution in [2.75, 3.05) is 45.3 Å². The predicted molar refractivity (Wildman–Crippen MR) is 101 cm³/mol. The fourth-order valence-corrected chi connectivity index (χ4v) is 3.03. The molecule has 0 radical (unpaired) electrons. The van der Waals surface area contributed by atoms with Crippen molar-refractivity contribution in [1.29, 1.82) is 0 Å². The van der Waals surface area contributed by atoms with E-state index >= 15 is 0 Å². The van der Waals surface area contributed by atoms with E-state index in [2.05, 4.69) is 5.32 Å². The average molecular weight is 372 g/mol. The van der Waals surface area contributed by atoms with Gasteiger partial charge in [0.2, 0.25) is 5.91 Å². The fourth-order valence-electron chi connectivity index (χ4n) is 3.03. The van der Waals surface area contributed by atoms with Crippen LogP contribution in [0.25, 0.3) is 0 Å². The number of hydrogen-bond acceptors (Lipinski definition) is 4. The maximum absolute atomic E-state index is 12.7. The maximum atomic E-state index is 12.7. The van der Waals surface area contributed by atoms with Crippen molar-refractivity contribution >= 4 is 17.6 Å². The zero-order valence-electron chi connectivity index (χ0n) is 15.6. The number of hydrogen-bond donors (Lipinski definition) is 1. The van der Waals surface area contributed by atoms with Gasteiger partial charge in [-0.05, 0) is 24.3 Å². The van der Waals surface area contributed by atoms with Gasteiger partial charge in [-0.1, -0.05) is 0 Å². The number of benzene rings is 1. The highest BCUT2D eigenvalue weighted by Crippen LogP contribution is 2.34. The second-order valence-electron chi connectivity index (χ2n) is 6.16. The summed E-state index contributed by atoms with van der Waals surface area (Å²) < 4.78 is 12.6. The standard InChI is InChI=1S/C19H24N4O4/c1-26-15-5-6-17(27-2)16(13-15)23-12-11-22(19(23)25)14-18(24)20-7-10-21-8-3-4-9-21/h3-6,8-9,13H,7,10-12,14H2,1-2H3,(H,20,24). The Morgan fingerprint density at radius 3 is 2.63 bits per heavy atom. The van der Waals surface area contributed by atoms with Crippen LogP contribution in [0.5, 0.6) is 11.5 Å². The van der Waals surface area contributed by atoms with Gasteiger partial charge < -0.3 is 24.3 Å². The molecule has 1 aromatic heterocycles. The molecule has 3 amide bonds. The third-order valence-corrected chi connectivity index (χ3v) is 4.46. The second kappa shape index (κ2) is 8.48. The highest BCUT2D eigenvalue weighted by Gasteiger charge is 2.32. The van der Waals surface area contributed by atoms with Gasteiger partial charge in [0, 0.05) is 44.6 Å². The molecule has 8 heteroatoms. The maximum Gasteiger partial charge on any atom is 0.325 e. The number of ether oxygens (including phenoxy) is 2. The largest absolute Gasteiger partial charge is 0.497 e. The summed E-state index contributed by atoms with van der Waals surface area (Å²) in [7, 11) is 3.13. The first-order valence-corrected chi connectivity index (χ1v) is 8.78. The van der Waals surface area contributed by atoms with Gasteiger partial charge in [0.05, 0.1) is 19.9 Å². The number of nitrogens with zero attached hydrogens (tertiary/aromatic N) is 3. The molecule has 1 N–H and O–H groups in total. The molecule has 0 atom stereocenters. The van der Waals surface area contributed by atoms with E-state index in [1.807, 2.05) is 29.1 Å². The monoisotopic (exact) mass is 372 g/mol. The van der Waals surface area contributed by atoms with E-state index in [-0.39, 0.29) is 18.5 Å². The number of methoxy groups -OCH3 is 2. The van der Waals surface area contributed by atoms with E-state index < -0.39 is 0 Å². The minimum absolute atomic E-state index is 0.0350. The van der Waals surface area contributed by atoms with Crippen LogP contribution in [0.15, 0.2) is 42.7 Å². The van der Waals surface area contributed by atoms with E-state index in [0.717, 1.165) is 0 Å². The third-order valence-electron chi connectivity index (χ3n) is 4.46. The van der Waals surface area contributed by atoms with Gasteiger partial charge in [-0.3, -0.25) is 9.69 Å². The van der Waals surface area contributed by atoms with Crippen LogP contribution in [0.3, 0.4) is 0 Å². The zero-order valence-corrected chi connectivity index (χ0v) is 15.6. The van der Waals surface area contributed by atoms with Crippen LogP contribution in [0.2, 0.25) is 0 Å². The van der Waals surface area contributed by atoms with E-state index in [0.29, 0.717) is 43.4 Å². The number of carbonyl (C=O) groups is 2. The van der Waals surface area contributed by atoms with E-state index in [1.165, 1.54) is 4.90 Å². The lowest BCUT2D eigenvalue weighted by atomic mass is 10.2. The first kappa shape index (κ1) is 18.6. The summed E-state index contributed by atoms with van der Waals surface area (Å²) in [5.74, 6) is 1.05. The molecule has 0 aliphatic carbocycles. The minimum Gasteiger partial charge on any atom is -0.497 e. The summed E-state index contributed by atoms with van der Waals surface area (Å²) in [5, 5.41) is 2.85. The lowest BCUT2D eigenvalue weighted by Crippen LogP contribution is -2.40. The molecule has 8 nitrogen and oxygen atoms in total. The molecule has 0 bridgehead atoms. The Bertz CT molecular complexity index is 791. The molecule has 1 saturated heterocycles. The van der Waals surface area contributed by atoms with Crippen molar-refractivity contribution in [3.8, 4) is 11.5 Å². The van der Waals surface area contributed by atoms with Crippen molar-refractivity contribution in [1.82, 2.24) is 14.8 Å². The normalized spacial score (nSPS) is 13.8. The highest BCUT2D eigenvalue weighted by molar-refractivity contribution is 5.97. The Kier molecular flexibility index (Phi) is 5.85. The van der Waals surface area contributed by atoms with Crippen LogP contribution in [-0.2, 0) is 11.3 Å². The van der Waals surface area contributed by atoms with Crippen LogP contribution < -0.4 is 19.7 Å². The molecule has 1 aliphatic heterocycles. The number of carbonyl (C=O) groups excluding carboxylic acids is 2. The molecule has 144 valence electrons. The lowest BCUT2D eigenvalue weighted by Gasteiger charge is -2.21. The summed E-state index contributed by atoms with van der Waals surface area (Å²) >= 11 is 0. The molecular formula is C19H24N4O4. The predicted octanol–water partition coefficient (Wildman–Crippen LogP) is 1.56. The smallest absolute Gasteiger partial charge is 0.325 e. The lowest BCUT2D eigenvalue weighted by molar-refractivity contribution is -0.121. The number of aromatic nitrogens is 1. The van der Waals surface area contributed by atoms with Crippen LogP contribution in [0.1, 0.15) is 0 Å². The van der Waals surface area contributed by atoms with Crippen LogP contribution >= 0.6 is 0 Å². The number of amides is 3. The van der Waals surface area contributed by atoms with Crippen molar-refractivity contribution < 1.29 is 19.1 Å². The van der Waals surface area contributed by atoms with Gasteiger partial charge >= 0.3 is 6.03 Å². The molecular weight excluding hydrogens is 348 g/mol. The summed E-state index contributed by atoms with van der Waals surface area (Å²) in [6.45, 7) is 2.21. The van der Waals surface area contributed by atoms with Crippen molar-refractivity contribution in [2.24, 2.45) is 0 Å². The molecule has 1 aromatic carbocycles. The molecule has 0 saturated carbocycles. The van der Waals surface area contributed by atoms with Gasteiger partial charge in [-0.25, -0.2) is 4.79 Å². The summed E-state index contributed by atoms with van der Waals surface area (Å²) in [6, 6.07) is 8.95. The van der Waals surface area contributed by atoms with Gasteiger partial charge in [-0.15, -0.1) is 0 Å². The van der Waals surface area contributed by atoms with Crippen molar-refractivity contribution in [2.45, 2.75) is 6.54 Å². The van der Waals surface area contributed by atoms with Gasteiger partial charge in [0.1, 0.15) is 18.0 Å². The van der Waals surface area contributed by atoms with Crippen molar-refractivity contribution in [3.63, 3.8) is 0 Å². The Labute approximate surface area is 158 Å². The molecule has 0 unspecified atom stereocenters. The van der Waals surface area contributed by atoms with Crippen molar-refractivity contribution in [3.05, 3.63) is 42.7 Å². The second-order valence-corrected chi connectivity index (χ2v) is 6.16. The van der Waals surface area contributed by atoms with Gasteiger partial charge in [-0.2, -0.15) is 0 Å². The Hall–Kier alpha value is -3.16. The SMILES string of the molecule is COc1ccc(OC)c(N2CCN(CC(=O)NCCn3cccc3)C2=O)c1. The first-order chi connectivity index (χ1) is 13.1. The molecule has 2 aromatic rings. The minimum atomic E-state index is -0.220. The number of anilines is 1.